The van der Waals surface area contributed by atoms with E-state index in [-0.39, 0.29) is 11.5 Å². The SMILES string of the molecule is Cc1ncc(Cc2ccc(F)c(N)c2)s1. The highest BCUT2D eigenvalue weighted by atomic mass is 32.1. The van der Waals surface area contributed by atoms with Crippen molar-refractivity contribution in [2.75, 3.05) is 5.73 Å². The third kappa shape index (κ3) is 2.33. The van der Waals surface area contributed by atoms with Crippen LogP contribution in [0.3, 0.4) is 0 Å². The monoisotopic (exact) mass is 222 g/mol. The van der Waals surface area contributed by atoms with Crippen LogP contribution in [0.2, 0.25) is 0 Å². The summed E-state index contributed by atoms with van der Waals surface area (Å²) in [4.78, 5) is 5.33. The summed E-state index contributed by atoms with van der Waals surface area (Å²) < 4.78 is 12.9. The lowest BCUT2D eigenvalue weighted by Crippen LogP contribution is -1.93. The lowest BCUT2D eigenvalue weighted by molar-refractivity contribution is 0.632. The van der Waals surface area contributed by atoms with Crippen molar-refractivity contribution in [3.8, 4) is 0 Å². The van der Waals surface area contributed by atoms with Gasteiger partial charge in [0.2, 0.25) is 0 Å². The maximum Gasteiger partial charge on any atom is 0.146 e. The quantitative estimate of drug-likeness (QED) is 0.793. The molecule has 0 radical (unpaired) electrons. The van der Waals surface area contributed by atoms with Crippen molar-refractivity contribution in [3.63, 3.8) is 0 Å². The second kappa shape index (κ2) is 3.98. The van der Waals surface area contributed by atoms with Gasteiger partial charge in [-0.05, 0) is 24.6 Å². The van der Waals surface area contributed by atoms with E-state index in [4.69, 9.17) is 5.73 Å². The van der Waals surface area contributed by atoms with Gasteiger partial charge in [0, 0.05) is 17.5 Å². The second-order valence-corrected chi connectivity index (χ2v) is 4.70. The second-order valence-electron chi connectivity index (χ2n) is 3.38. The van der Waals surface area contributed by atoms with Crippen LogP contribution in [0.5, 0.6) is 0 Å². The molecule has 0 spiro atoms. The summed E-state index contributed by atoms with van der Waals surface area (Å²) in [7, 11) is 0. The number of halogens is 1. The Morgan fingerprint density at radius 2 is 2.27 bits per heavy atom. The summed E-state index contributed by atoms with van der Waals surface area (Å²) in [5, 5.41) is 1.04. The fourth-order valence-electron chi connectivity index (χ4n) is 1.39. The van der Waals surface area contributed by atoms with E-state index in [2.05, 4.69) is 4.98 Å². The third-order valence-corrected chi connectivity index (χ3v) is 3.02. The van der Waals surface area contributed by atoms with Crippen LogP contribution in [0.4, 0.5) is 10.1 Å². The average molecular weight is 222 g/mol. The molecule has 0 amide bonds. The molecule has 0 aliphatic carbocycles. The summed E-state index contributed by atoms with van der Waals surface area (Å²) in [5.74, 6) is -0.362. The van der Waals surface area contributed by atoms with Crippen LogP contribution in [-0.2, 0) is 6.42 Å². The normalized spacial score (nSPS) is 10.5. The first kappa shape index (κ1) is 10.1. The number of thiazole rings is 1. The lowest BCUT2D eigenvalue weighted by atomic mass is 10.1. The number of nitrogens with two attached hydrogens (primary N) is 1. The van der Waals surface area contributed by atoms with E-state index >= 15 is 0 Å². The van der Waals surface area contributed by atoms with E-state index in [1.54, 1.807) is 23.5 Å². The molecule has 0 unspecified atom stereocenters. The minimum atomic E-state index is -0.362. The van der Waals surface area contributed by atoms with Crippen LogP contribution in [0.15, 0.2) is 24.4 Å². The molecule has 2 rings (SSSR count). The Morgan fingerprint density at radius 1 is 1.47 bits per heavy atom. The highest BCUT2D eigenvalue weighted by Crippen LogP contribution is 2.19. The van der Waals surface area contributed by atoms with Crippen LogP contribution < -0.4 is 5.73 Å². The van der Waals surface area contributed by atoms with Gasteiger partial charge in [0.05, 0.1) is 10.7 Å². The molecule has 0 aliphatic heterocycles. The summed E-state index contributed by atoms with van der Waals surface area (Å²) in [6, 6.07) is 4.82. The predicted octanol–water partition coefficient (Wildman–Crippen LogP) is 2.76. The zero-order chi connectivity index (χ0) is 10.8. The molecule has 1 aromatic carbocycles. The molecule has 0 saturated carbocycles. The van der Waals surface area contributed by atoms with Crippen LogP contribution in [-0.4, -0.2) is 4.98 Å². The molecule has 2 aromatic rings. The summed E-state index contributed by atoms with van der Waals surface area (Å²) in [5.41, 5.74) is 6.71. The molecule has 0 saturated heterocycles. The van der Waals surface area contributed by atoms with Gasteiger partial charge in [-0.1, -0.05) is 6.07 Å². The van der Waals surface area contributed by atoms with Gasteiger partial charge in [-0.15, -0.1) is 11.3 Å². The molecular weight excluding hydrogens is 211 g/mol. The molecule has 0 atom stereocenters. The van der Waals surface area contributed by atoms with Gasteiger partial charge >= 0.3 is 0 Å². The minimum Gasteiger partial charge on any atom is -0.396 e. The number of aryl methyl sites for hydroxylation is 1. The Labute approximate surface area is 91.6 Å². The van der Waals surface area contributed by atoms with Crippen molar-refractivity contribution in [3.05, 3.63) is 45.7 Å². The summed E-state index contributed by atoms with van der Waals surface area (Å²) in [6.45, 7) is 1.97. The highest BCUT2D eigenvalue weighted by Gasteiger charge is 2.03. The summed E-state index contributed by atoms with van der Waals surface area (Å²) in [6.07, 6.45) is 2.61. The van der Waals surface area contributed by atoms with Gasteiger partial charge in [0.25, 0.3) is 0 Å². The van der Waals surface area contributed by atoms with Gasteiger partial charge in [-0.2, -0.15) is 0 Å². The van der Waals surface area contributed by atoms with Crippen LogP contribution >= 0.6 is 11.3 Å². The number of nitrogens with zero attached hydrogens (tertiary/aromatic N) is 1. The number of benzene rings is 1. The topological polar surface area (TPSA) is 38.9 Å². The van der Waals surface area contributed by atoms with Crippen LogP contribution in [0, 0.1) is 12.7 Å². The Kier molecular flexibility index (Phi) is 2.68. The molecule has 4 heteroatoms. The van der Waals surface area contributed by atoms with Crippen LogP contribution in [0.1, 0.15) is 15.4 Å². The number of hydrogen-bond acceptors (Lipinski definition) is 3. The molecule has 0 aliphatic rings. The molecule has 78 valence electrons. The zero-order valence-corrected chi connectivity index (χ0v) is 9.14. The maximum absolute atomic E-state index is 12.9. The number of rotatable bonds is 2. The number of anilines is 1. The van der Waals surface area contributed by atoms with Crippen molar-refractivity contribution in [2.45, 2.75) is 13.3 Å². The van der Waals surface area contributed by atoms with Gasteiger partial charge in [-0.25, -0.2) is 9.37 Å². The van der Waals surface area contributed by atoms with Crippen molar-refractivity contribution in [1.29, 1.82) is 0 Å². The Hall–Kier alpha value is -1.42. The van der Waals surface area contributed by atoms with E-state index in [1.165, 1.54) is 10.9 Å². The first-order valence-corrected chi connectivity index (χ1v) is 5.42. The van der Waals surface area contributed by atoms with E-state index in [0.717, 1.165) is 17.0 Å². The molecule has 0 fully saturated rings. The number of nitrogen functional groups attached to an aromatic ring is 1. The van der Waals surface area contributed by atoms with Crippen molar-refractivity contribution >= 4 is 17.0 Å². The zero-order valence-electron chi connectivity index (χ0n) is 8.33. The van der Waals surface area contributed by atoms with E-state index in [1.807, 2.05) is 13.1 Å². The molecule has 2 N–H and O–H groups in total. The lowest BCUT2D eigenvalue weighted by Gasteiger charge is -2.01. The standard InChI is InChI=1S/C11H11FN2S/c1-7-14-6-9(15-7)4-8-2-3-10(12)11(13)5-8/h2-3,5-6H,4,13H2,1H3. The highest BCUT2D eigenvalue weighted by molar-refractivity contribution is 7.11. The molecular formula is C11H11FN2S. The van der Waals surface area contributed by atoms with Crippen molar-refractivity contribution in [2.24, 2.45) is 0 Å². The summed E-state index contributed by atoms with van der Waals surface area (Å²) >= 11 is 1.65. The predicted molar refractivity (Wildman–Crippen MR) is 60.5 cm³/mol. The first-order valence-electron chi connectivity index (χ1n) is 4.60. The average Bonchev–Trinajstić information content (AvgIpc) is 2.58. The molecule has 15 heavy (non-hydrogen) atoms. The first-order chi connectivity index (χ1) is 7.15. The minimum absolute atomic E-state index is 0.203. The fraction of sp³-hybridized carbons (Fsp3) is 0.182. The molecule has 1 aromatic heterocycles. The number of hydrogen-bond donors (Lipinski definition) is 1. The fourth-order valence-corrected chi connectivity index (χ4v) is 2.22. The largest absolute Gasteiger partial charge is 0.396 e. The van der Waals surface area contributed by atoms with E-state index in [0.29, 0.717) is 0 Å². The third-order valence-electron chi connectivity index (χ3n) is 2.11. The Balaban J connectivity index is 2.21. The molecule has 2 nitrogen and oxygen atoms in total. The van der Waals surface area contributed by atoms with Gasteiger partial charge in [0.15, 0.2) is 0 Å². The van der Waals surface area contributed by atoms with Gasteiger partial charge < -0.3 is 5.73 Å². The van der Waals surface area contributed by atoms with E-state index in [9.17, 15) is 4.39 Å². The maximum atomic E-state index is 12.9. The Bertz CT molecular complexity index is 479. The van der Waals surface area contributed by atoms with Crippen molar-refractivity contribution in [1.82, 2.24) is 4.98 Å². The Morgan fingerprint density at radius 3 is 2.87 bits per heavy atom. The van der Waals surface area contributed by atoms with Crippen molar-refractivity contribution < 1.29 is 4.39 Å². The van der Waals surface area contributed by atoms with Crippen LogP contribution in [0.25, 0.3) is 0 Å². The van der Waals surface area contributed by atoms with Gasteiger partial charge in [0.1, 0.15) is 5.82 Å². The molecule has 0 bridgehead atoms. The van der Waals surface area contributed by atoms with E-state index < -0.39 is 0 Å². The smallest absolute Gasteiger partial charge is 0.146 e. The molecule has 1 heterocycles. The number of aromatic nitrogens is 1. The van der Waals surface area contributed by atoms with Gasteiger partial charge in [-0.3, -0.25) is 0 Å².